The Morgan fingerprint density at radius 3 is 2.31 bits per heavy atom. The predicted molar refractivity (Wildman–Crippen MR) is 95.5 cm³/mol. The van der Waals surface area contributed by atoms with Gasteiger partial charge in [-0.2, -0.15) is 0 Å². The fourth-order valence-electron chi connectivity index (χ4n) is 2.57. The van der Waals surface area contributed by atoms with Crippen LogP contribution in [-0.4, -0.2) is 29.8 Å². The van der Waals surface area contributed by atoms with E-state index >= 15 is 0 Å². The van der Waals surface area contributed by atoms with Gasteiger partial charge in [0.05, 0.1) is 6.04 Å². The predicted octanol–water partition coefficient (Wildman–Crippen LogP) is 3.69. The first-order chi connectivity index (χ1) is 12.3. The van der Waals surface area contributed by atoms with Crippen LogP contribution in [0.3, 0.4) is 0 Å². The monoisotopic (exact) mass is 360 g/mol. The lowest BCUT2D eigenvalue weighted by atomic mass is 10.1. The fraction of sp³-hybridized carbons (Fsp3) is 0.300. The first-order valence-electron chi connectivity index (χ1n) is 8.36. The molecule has 4 nitrogen and oxygen atoms in total. The van der Waals surface area contributed by atoms with Crippen LogP contribution in [0.1, 0.15) is 42.2 Å². The van der Waals surface area contributed by atoms with Crippen LogP contribution in [-0.2, 0) is 4.79 Å². The van der Waals surface area contributed by atoms with Gasteiger partial charge in [-0.1, -0.05) is 24.3 Å². The molecule has 26 heavy (non-hydrogen) atoms. The summed E-state index contributed by atoms with van der Waals surface area (Å²) in [4.78, 5) is 26.0. The van der Waals surface area contributed by atoms with Gasteiger partial charge in [-0.05, 0) is 43.7 Å². The van der Waals surface area contributed by atoms with E-state index in [1.54, 1.807) is 45.2 Å². The molecule has 2 aromatic rings. The van der Waals surface area contributed by atoms with E-state index in [1.807, 2.05) is 6.07 Å². The molecular formula is C20H22F2N2O2. The zero-order valence-electron chi connectivity index (χ0n) is 15.0. The van der Waals surface area contributed by atoms with Crippen LogP contribution >= 0.6 is 0 Å². The zero-order chi connectivity index (χ0) is 19.3. The molecule has 138 valence electrons. The van der Waals surface area contributed by atoms with Crippen molar-refractivity contribution in [3.8, 4) is 0 Å². The highest BCUT2D eigenvalue weighted by Gasteiger charge is 2.21. The van der Waals surface area contributed by atoms with Crippen LogP contribution in [0.4, 0.5) is 8.78 Å². The summed E-state index contributed by atoms with van der Waals surface area (Å²) in [6, 6.07) is 11.5. The van der Waals surface area contributed by atoms with Crippen molar-refractivity contribution in [2.45, 2.75) is 32.4 Å². The molecule has 0 heterocycles. The second-order valence-electron chi connectivity index (χ2n) is 6.30. The van der Waals surface area contributed by atoms with E-state index in [9.17, 15) is 18.4 Å². The van der Waals surface area contributed by atoms with Crippen molar-refractivity contribution in [1.82, 2.24) is 10.2 Å². The lowest BCUT2D eigenvalue weighted by molar-refractivity contribution is -0.132. The summed E-state index contributed by atoms with van der Waals surface area (Å²) in [5, 5.41) is 2.78. The Balaban J connectivity index is 1.95. The maximum atomic E-state index is 13.4. The number of benzene rings is 2. The molecule has 0 spiro atoms. The van der Waals surface area contributed by atoms with E-state index in [0.29, 0.717) is 11.1 Å². The lowest BCUT2D eigenvalue weighted by Crippen LogP contribution is -2.38. The van der Waals surface area contributed by atoms with Gasteiger partial charge in [-0.15, -0.1) is 0 Å². The second-order valence-corrected chi connectivity index (χ2v) is 6.30. The van der Waals surface area contributed by atoms with E-state index in [1.165, 1.54) is 11.0 Å². The molecule has 2 aromatic carbocycles. The van der Waals surface area contributed by atoms with Crippen molar-refractivity contribution < 1.29 is 18.4 Å². The van der Waals surface area contributed by atoms with E-state index in [4.69, 9.17) is 0 Å². The van der Waals surface area contributed by atoms with E-state index in [-0.39, 0.29) is 24.3 Å². The van der Waals surface area contributed by atoms with Crippen LogP contribution in [0, 0.1) is 11.6 Å². The molecule has 0 aromatic heterocycles. The number of hydrogen-bond acceptors (Lipinski definition) is 2. The van der Waals surface area contributed by atoms with E-state index < -0.39 is 17.7 Å². The van der Waals surface area contributed by atoms with Gasteiger partial charge in [0.25, 0.3) is 5.91 Å². The number of rotatable bonds is 6. The van der Waals surface area contributed by atoms with E-state index in [2.05, 4.69) is 5.32 Å². The normalized spacial score (nSPS) is 13.0. The van der Waals surface area contributed by atoms with Crippen molar-refractivity contribution in [3.63, 3.8) is 0 Å². The zero-order valence-corrected chi connectivity index (χ0v) is 15.0. The Morgan fingerprint density at radius 2 is 1.69 bits per heavy atom. The first kappa shape index (κ1) is 19.6. The third-order valence-corrected chi connectivity index (χ3v) is 4.29. The highest BCUT2D eigenvalue weighted by atomic mass is 19.2. The molecule has 0 aliphatic rings. The van der Waals surface area contributed by atoms with Crippen molar-refractivity contribution >= 4 is 11.8 Å². The molecule has 6 heteroatoms. The van der Waals surface area contributed by atoms with Gasteiger partial charge in [-0.25, -0.2) is 8.78 Å². The Bertz CT molecular complexity index is 781. The number of carbonyl (C=O) groups is 2. The largest absolute Gasteiger partial charge is 0.349 e. The lowest BCUT2D eigenvalue weighted by Gasteiger charge is -2.27. The summed E-state index contributed by atoms with van der Waals surface area (Å²) >= 11 is 0. The molecule has 0 saturated heterocycles. The standard InChI is InChI=1S/C20H22F2N2O2/c1-13(23-20(26)15-7-5-4-6-8-15)11-19(25)24(3)14(2)16-9-10-17(21)18(22)12-16/h4-10,12-14H,11H2,1-3H3,(H,23,26). The molecule has 0 fully saturated rings. The second kappa shape index (κ2) is 8.56. The van der Waals surface area contributed by atoms with Crippen LogP contribution in [0.5, 0.6) is 0 Å². The minimum absolute atomic E-state index is 0.100. The number of hydrogen-bond donors (Lipinski definition) is 1. The minimum Gasteiger partial charge on any atom is -0.349 e. The SMILES string of the molecule is CC(CC(=O)N(C)C(C)c1ccc(F)c(F)c1)NC(=O)c1ccccc1. The maximum absolute atomic E-state index is 13.4. The van der Waals surface area contributed by atoms with E-state index in [0.717, 1.165) is 12.1 Å². The average Bonchev–Trinajstić information content (AvgIpc) is 2.63. The van der Waals surface area contributed by atoms with Gasteiger partial charge in [0.15, 0.2) is 11.6 Å². The molecule has 1 N–H and O–H groups in total. The molecule has 0 bridgehead atoms. The Kier molecular flexibility index (Phi) is 6.44. The number of carbonyl (C=O) groups excluding carboxylic acids is 2. The quantitative estimate of drug-likeness (QED) is 0.854. The van der Waals surface area contributed by atoms with Crippen LogP contribution in [0.2, 0.25) is 0 Å². The molecule has 0 radical (unpaired) electrons. The summed E-state index contributed by atoms with van der Waals surface area (Å²) in [6.45, 7) is 3.48. The summed E-state index contributed by atoms with van der Waals surface area (Å²) in [7, 11) is 1.60. The molecule has 0 aliphatic carbocycles. The van der Waals surface area contributed by atoms with Gasteiger partial charge < -0.3 is 10.2 Å². The number of nitrogens with zero attached hydrogens (tertiary/aromatic N) is 1. The first-order valence-corrected chi connectivity index (χ1v) is 8.36. The summed E-state index contributed by atoms with van der Waals surface area (Å²) in [5.41, 5.74) is 1.02. The van der Waals surface area contributed by atoms with Gasteiger partial charge in [0.1, 0.15) is 0 Å². The van der Waals surface area contributed by atoms with Gasteiger partial charge in [0, 0.05) is 25.1 Å². The van der Waals surface area contributed by atoms with Crippen molar-refractivity contribution in [2.75, 3.05) is 7.05 Å². The van der Waals surface area contributed by atoms with Gasteiger partial charge in [-0.3, -0.25) is 9.59 Å². The maximum Gasteiger partial charge on any atom is 0.251 e. The Hall–Kier alpha value is -2.76. The Morgan fingerprint density at radius 1 is 1.04 bits per heavy atom. The summed E-state index contributed by atoms with van der Waals surface area (Å²) in [6.07, 6.45) is 0.100. The number of halogens is 2. The average molecular weight is 360 g/mol. The third kappa shape index (κ3) is 4.88. The third-order valence-electron chi connectivity index (χ3n) is 4.29. The molecule has 2 rings (SSSR count). The van der Waals surface area contributed by atoms with Crippen LogP contribution in [0.15, 0.2) is 48.5 Å². The molecule has 2 amide bonds. The summed E-state index contributed by atoms with van der Waals surface area (Å²) < 4.78 is 26.5. The van der Waals surface area contributed by atoms with Gasteiger partial charge >= 0.3 is 0 Å². The molecule has 2 unspecified atom stereocenters. The molecule has 0 saturated carbocycles. The highest BCUT2D eigenvalue weighted by Crippen LogP contribution is 2.21. The molecule has 0 aliphatic heterocycles. The van der Waals surface area contributed by atoms with Crippen LogP contribution in [0.25, 0.3) is 0 Å². The molecule has 2 atom stereocenters. The number of nitrogens with one attached hydrogen (secondary N) is 1. The summed E-state index contributed by atoms with van der Waals surface area (Å²) in [5.74, 6) is -2.32. The van der Waals surface area contributed by atoms with Crippen molar-refractivity contribution in [2.24, 2.45) is 0 Å². The smallest absolute Gasteiger partial charge is 0.251 e. The highest BCUT2D eigenvalue weighted by molar-refractivity contribution is 5.94. The fourth-order valence-corrected chi connectivity index (χ4v) is 2.57. The van der Waals surface area contributed by atoms with Gasteiger partial charge in [0.2, 0.25) is 5.91 Å². The number of amides is 2. The molecular weight excluding hydrogens is 338 g/mol. The van der Waals surface area contributed by atoms with Crippen LogP contribution < -0.4 is 5.32 Å². The Labute approximate surface area is 151 Å². The van der Waals surface area contributed by atoms with Crippen molar-refractivity contribution in [3.05, 3.63) is 71.3 Å². The topological polar surface area (TPSA) is 49.4 Å². The van der Waals surface area contributed by atoms with Crippen molar-refractivity contribution in [1.29, 1.82) is 0 Å². The minimum atomic E-state index is -0.946.